The number of oxazole rings is 1. The third kappa shape index (κ3) is 3.78. The number of rotatable bonds is 6. The molecule has 0 atom stereocenters. The lowest BCUT2D eigenvalue weighted by Crippen LogP contribution is -2.21. The van der Waals surface area contributed by atoms with Gasteiger partial charge in [-0.15, -0.1) is 0 Å². The molecular weight excluding hydrogens is 326 g/mol. The van der Waals surface area contributed by atoms with E-state index < -0.39 is 5.76 Å². The van der Waals surface area contributed by atoms with Crippen LogP contribution in [0, 0.1) is 0 Å². The zero-order valence-electron chi connectivity index (χ0n) is 13.3. The summed E-state index contributed by atoms with van der Waals surface area (Å²) in [6, 6.07) is 8.43. The van der Waals surface area contributed by atoms with Gasteiger partial charge in [-0.2, -0.15) is 0 Å². The summed E-state index contributed by atoms with van der Waals surface area (Å²) >= 11 is 0. The fourth-order valence-electron chi connectivity index (χ4n) is 2.33. The number of aliphatic imine (C=N–C) groups is 1. The molecule has 0 unspecified atom stereocenters. The van der Waals surface area contributed by atoms with E-state index >= 15 is 0 Å². The van der Waals surface area contributed by atoms with Crippen LogP contribution in [0.4, 0.5) is 5.69 Å². The summed E-state index contributed by atoms with van der Waals surface area (Å²) in [5.74, 6) is -0.0152. The van der Waals surface area contributed by atoms with E-state index in [2.05, 4.69) is 9.98 Å². The Morgan fingerprint density at radius 2 is 2.16 bits per heavy atom. The zero-order chi connectivity index (χ0) is 17.8. The van der Waals surface area contributed by atoms with Crippen molar-refractivity contribution >= 4 is 22.7 Å². The van der Waals surface area contributed by atoms with Gasteiger partial charge in [-0.3, -0.25) is 9.55 Å². The first-order chi connectivity index (χ1) is 12.1. The van der Waals surface area contributed by atoms with Crippen LogP contribution in [0.1, 0.15) is 5.69 Å². The largest absolute Gasteiger partial charge is 0.491 e. The Balaban J connectivity index is 1.91. The molecule has 0 aliphatic carbocycles. The number of guanidine groups is 1. The molecule has 2 heterocycles. The third-order valence-electron chi connectivity index (χ3n) is 3.39. The van der Waals surface area contributed by atoms with Crippen LogP contribution in [-0.4, -0.2) is 33.8 Å². The monoisotopic (exact) mass is 343 g/mol. The van der Waals surface area contributed by atoms with E-state index in [9.17, 15) is 4.79 Å². The number of aliphatic hydroxyl groups excluding tert-OH is 1. The van der Waals surface area contributed by atoms with Gasteiger partial charge in [-0.1, -0.05) is 0 Å². The highest BCUT2D eigenvalue weighted by molar-refractivity contribution is 5.78. The van der Waals surface area contributed by atoms with Gasteiger partial charge in [0.1, 0.15) is 12.4 Å². The van der Waals surface area contributed by atoms with Gasteiger partial charge in [0.2, 0.25) is 0 Å². The molecule has 0 radical (unpaired) electrons. The van der Waals surface area contributed by atoms with Gasteiger partial charge in [0.15, 0.2) is 11.5 Å². The minimum Gasteiger partial charge on any atom is -0.491 e. The van der Waals surface area contributed by atoms with E-state index in [4.69, 9.17) is 25.7 Å². The first kappa shape index (κ1) is 16.5. The fraction of sp³-hybridized carbons (Fsp3) is 0.188. The molecule has 0 aliphatic heterocycles. The average molecular weight is 343 g/mol. The molecule has 25 heavy (non-hydrogen) atoms. The Morgan fingerprint density at radius 3 is 2.84 bits per heavy atom. The van der Waals surface area contributed by atoms with E-state index in [0.717, 1.165) is 0 Å². The van der Waals surface area contributed by atoms with E-state index in [0.29, 0.717) is 28.2 Å². The highest BCUT2D eigenvalue weighted by atomic mass is 16.5. The Kier molecular flexibility index (Phi) is 4.66. The second-order valence-corrected chi connectivity index (χ2v) is 5.20. The Labute approximate surface area is 142 Å². The van der Waals surface area contributed by atoms with Crippen molar-refractivity contribution in [2.75, 3.05) is 13.2 Å². The Hall–Kier alpha value is -3.33. The predicted octanol–water partition coefficient (Wildman–Crippen LogP) is 0.314. The van der Waals surface area contributed by atoms with E-state index in [1.165, 1.54) is 10.8 Å². The minimum atomic E-state index is -0.496. The predicted molar refractivity (Wildman–Crippen MR) is 91.9 cm³/mol. The number of aliphatic hydroxyl groups is 1. The van der Waals surface area contributed by atoms with Gasteiger partial charge in [0, 0.05) is 6.07 Å². The molecule has 9 heteroatoms. The molecule has 1 aromatic carbocycles. The molecule has 0 aliphatic rings. The van der Waals surface area contributed by atoms with Crippen molar-refractivity contribution in [2.45, 2.75) is 6.54 Å². The summed E-state index contributed by atoms with van der Waals surface area (Å²) in [6.07, 6.45) is 1.51. The topological polar surface area (TPSA) is 142 Å². The summed E-state index contributed by atoms with van der Waals surface area (Å²) < 4.78 is 12.0. The molecule has 3 aromatic rings. The molecular formula is C16H17N5O4. The SMILES string of the molecule is NC(N)=Nc1ccc(Cn2c(=O)oc3ccc(OCCO)cc32)nc1. The normalized spacial score (nSPS) is 10.8. The summed E-state index contributed by atoms with van der Waals surface area (Å²) in [5.41, 5.74) is 12.8. The van der Waals surface area contributed by atoms with Crippen molar-refractivity contribution < 1.29 is 14.3 Å². The number of aromatic nitrogens is 2. The number of ether oxygens (including phenoxy) is 1. The van der Waals surface area contributed by atoms with Gasteiger partial charge >= 0.3 is 5.76 Å². The second-order valence-electron chi connectivity index (χ2n) is 5.20. The van der Waals surface area contributed by atoms with Gasteiger partial charge < -0.3 is 25.7 Å². The quantitative estimate of drug-likeness (QED) is 0.432. The number of fused-ring (bicyclic) bond motifs is 1. The lowest BCUT2D eigenvalue weighted by molar-refractivity contribution is 0.201. The average Bonchev–Trinajstić information content (AvgIpc) is 2.89. The standard InChI is InChI=1S/C16H17N5O4/c17-15(18)20-10-1-2-11(19-8-10)9-21-13-7-12(24-6-5-22)3-4-14(13)25-16(21)23/h1-4,7-8,22H,5-6,9H2,(H4,17,18,20). The number of hydrogen-bond acceptors (Lipinski definition) is 6. The number of nitrogens with zero attached hydrogens (tertiary/aromatic N) is 3. The van der Waals surface area contributed by atoms with Crippen molar-refractivity contribution in [3.05, 3.63) is 52.8 Å². The van der Waals surface area contributed by atoms with Crippen LogP contribution in [0.2, 0.25) is 0 Å². The Bertz CT molecular complexity index is 955. The zero-order valence-corrected chi connectivity index (χ0v) is 13.3. The van der Waals surface area contributed by atoms with Crippen molar-refractivity contribution in [1.29, 1.82) is 0 Å². The molecule has 0 bridgehead atoms. The van der Waals surface area contributed by atoms with Crippen molar-refractivity contribution in [2.24, 2.45) is 16.5 Å². The number of hydrogen-bond donors (Lipinski definition) is 3. The smallest absolute Gasteiger partial charge is 0.420 e. The molecule has 0 saturated carbocycles. The van der Waals surface area contributed by atoms with Gasteiger partial charge in [-0.05, 0) is 24.3 Å². The van der Waals surface area contributed by atoms with E-state index in [1.54, 1.807) is 30.3 Å². The van der Waals surface area contributed by atoms with Crippen molar-refractivity contribution in [3.8, 4) is 5.75 Å². The molecule has 5 N–H and O–H groups in total. The highest BCUT2D eigenvalue weighted by Gasteiger charge is 2.11. The van der Waals surface area contributed by atoms with Crippen LogP contribution >= 0.6 is 0 Å². The van der Waals surface area contributed by atoms with Crippen LogP contribution in [0.5, 0.6) is 5.75 Å². The maximum absolute atomic E-state index is 12.1. The van der Waals surface area contributed by atoms with Gasteiger partial charge in [0.25, 0.3) is 0 Å². The van der Waals surface area contributed by atoms with Crippen LogP contribution in [0.25, 0.3) is 11.1 Å². The minimum absolute atomic E-state index is 0.0537. The summed E-state index contributed by atoms with van der Waals surface area (Å²) in [7, 11) is 0. The van der Waals surface area contributed by atoms with Crippen LogP contribution < -0.4 is 22.0 Å². The molecule has 0 amide bonds. The molecule has 130 valence electrons. The van der Waals surface area contributed by atoms with Gasteiger partial charge in [-0.25, -0.2) is 9.79 Å². The maximum Gasteiger partial charge on any atom is 0.420 e. The Morgan fingerprint density at radius 1 is 1.32 bits per heavy atom. The van der Waals surface area contributed by atoms with Crippen LogP contribution in [0.15, 0.2) is 50.7 Å². The lowest BCUT2D eigenvalue weighted by Gasteiger charge is -2.05. The third-order valence-corrected chi connectivity index (χ3v) is 3.39. The van der Waals surface area contributed by atoms with Crippen LogP contribution in [-0.2, 0) is 6.54 Å². The van der Waals surface area contributed by atoms with E-state index in [-0.39, 0.29) is 25.7 Å². The first-order valence-electron chi connectivity index (χ1n) is 7.48. The molecule has 2 aromatic heterocycles. The molecule has 0 fully saturated rings. The van der Waals surface area contributed by atoms with Gasteiger partial charge in [0.05, 0.1) is 36.2 Å². The molecule has 0 spiro atoms. The maximum atomic E-state index is 12.1. The number of pyridine rings is 1. The number of benzene rings is 1. The number of nitrogens with two attached hydrogens (primary N) is 2. The molecule has 3 rings (SSSR count). The summed E-state index contributed by atoms with van der Waals surface area (Å²) in [5, 5.41) is 8.84. The summed E-state index contributed by atoms with van der Waals surface area (Å²) in [4.78, 5) is 20.2. The molecule has 0 saturated heterocycles. The summed E-state index contributed by atoms with van der Waals surface area (Å²) in [6.45, 7) is 0.293. The lowest BCUT2D eigenvalue weighted by atomic mass is 10.3. The van der Waals surface area contributed by atoms with E-state index in [1.807, 2.05) is 0 Å². The molecule has 9 nitrogen and oxygen atoms in total. The van der Waals surface area contributed by atoms with Crippen LogP contribution in [0.3, 0.4) is 0 Å². The second kappa shape index (κ2) is 7.05. The fourth-order valence-corrected chi connectivity index (χ4v) is 2.33. The van der Waals surface area contributed by atoms with Crippen molar-refractivity contribution in [3.63, 3.8) is 0 Å². The highest BCUT2D eigenvalue weighted by Crippen LogP contribution is 2.21. The van der Waals surface area contributed by atoms with Crippen molar-refractivity contribution in [1.82, 2.24) is 9.55 Å². The first-order valence-corrected chi connectivity index (χ1v) is 7.48.